The highest BCUT2D eigenvalue weighted by Crippen LogP contribution is 2.17. The molecule has 1 unspecified atom stereocenters. The highest BCUT2D eigenvalue weighted by atomic mass is 16.5. The molecule has 0 aliphatic rings. The average molecular weight is 493 g/mol. The maximum atomic E-state index is 12.6. The molecule has 0 saturated heterocycles. The first-order valence-corrected chi connectivity index (χ1v) is 11.4. The van der Waals surface area contributed by atoms with E-state index in [2.05, 4.69) is 20.5 Å². The van der Waals surface area contributed by atoms with Gasteiger partial charge in [-0.15, -0.1) is 0 Å². The van der Waals surface area contributed by atoms with Crippen LogP contribution in [0, 0.1) is 6.92 Å². The van der Waals surface area contributed by atoms with Crippen LogP contribution in [-0.4, -0.2) is 49.7 Å². The third kappa shape index (κ3) is 5.63. The predicted octanol–water partition coefficient (Wildman–Crippen LogP) is 2.02. The molecule has 1 atom stereocenters. The Balaban J connectivity index is 1.57. The van der Waals surface area contributed by atoms with Gasteiger partial charge in [-0.05, 0) is 55.8 Å². The van der Waals surface area contributed by atoms with Crippen molar-refractivity contribution in [2.75, 3.05) is 18.6 Å². The molecule has 2 heterocycles. The van der Waals surface area contributed by atoms with E-state index in [4.69, 9.17) is 9.47 Å². The monoisotopic (exact) mass is 492 g/mol. The number of hydrogen-bond acceptors (Lipinski definition) is 8. The van der Waals surface area contributed by atoms with Crippen LogP contribution in [0.2, 0.25) is 0 Å². The van der Waals surface area contributed by atoms with Crippen molar-refractivity contribution in [2.45, 2.75) is 26.5 Å². The van der Waals surface area contributed by atoms with Crippen molar-refractivity contribution in [3.63, 3.8) is 0 Å². The van der Waals surface area contributed by atoms with Crippen LogP contribution in [0.1, 0.15) is 18.1 Å². The number of aliphatic hydroxyl groups excluding tert-OH is 1. The molecule has 4 aromatic rings. The third-order valence-electron chi connectivity index (χ3n) is 5.43. The molecular weight excluding hydrogens is 464 g/mol. The summed E-state index contributed by atoms with van der Waals surface area (Å²) in [7, 11) is 1.50. The van der Waals surface area contributed by atoms with Crippen molar-refractivity contribution >= 4 is 23.3 Å². The van der Waals surface area contributed by atoms with Gasteiger partial charge in [0.05, 0.1) is 19.4 Å². The number of benzene rings is 2. The second-order valence-electron chi connectivity index (χ2n) is 8.19. The van der Waals surface area contributed by atoms with Gasteiger partial charge in [0.1, 0.15) is 24.2 Å². The van der Waals surface area contributed by atoms with Gasteiger partial charge in [0.2, 0.25) is 5.95 Å². The van der Waals surface area contributed by atoms with Crippen molar-refractivity contribution in [2.24, 2.45) is 12.1 Å². The molecule has 2 aromatic carbocycles. The van der Waals surface area contributed by atoms with E-state index >= 15 is 0 Å². The number of nitrogens with zero attached hydrogens (tertiary/aromatic N) is 4. The average Bonchev–Trinajstić information content (AvgIpc) is 3.22. The number of nitrogens with one attached hydrogen (secondary N) is 2. The van der Waals surface area contributed by atoms with Gasteiger partial charge in [-0.25, -0.2) is 10.2 Å². The Kier molecular flexibility index (Phi) is 7.50. The molecule has 188 valence electrons. The van der Waals surface area contributed by atoms with E-state index in [1.165, 1.54) is 16.2 Å². The second kappa shape index (κ2) is 10.9. The molecule has 3 N–H and O–H groups in total. The molecule has 0 bridgehead atoms. The van der Waals surface area contributed by atoms with Gasteiger partial charge in [0.25, 0.3) is 5.56 Å². The fraction of sp³-hybridized carbons (Fsp3) is 0.280. The Bertz CT molecular complexity index is 1470. The number of aryl methyl sites for hydroxylation is 2. The Labute approximate surface area is 206 Å². The summed E-state index contributed by atoms with van der Waals surface area (Å²) in [4.78, 5) is 31.4. The minimum Gasteiger partial charge on any atom is -0.494 e. The van der Waals surface area contributed by atoms with Gasteiger partial charge in [0, 0.05) is 7.05 Å². The van der Waals surface area contributed by atoms with E-state index in [9.17, 15) is 14.7 Å². The van der Waals surface area contributed by atoms with Crippen LogP contribution in [-0.2, 0) is 13.6 Å². The quantitative estimate of drug-likeness (QED) is 0.228. The lowest BCUT2D eigenvalue weighted by Gasteiger charge is -2.15. The lowest BCUT2D eigenvalue weighted by Crippen LogP contribution is -2.30. The summed E-state index contributed by atoms with van der Waals surface area (Å²) < 4.78 is 13.8. The molecule has 0 amide bonds. The summed E-state index contributed by atoms with van der Waals surface area (Å²) in [6.07, 6.45) is 0.607. The van der Waals surface area contributed by atoms with Gasteiger partial charge in [-0.3, -0.25) is 14.3 Å². The van der Waals surface area contributed by atoms with E-state index in [1.54, 1.807) is 6.21 Å². The zero-order valence-electron chi connectivity index (χ0n) is 20.3. The molecular formula is C25H28N6O5. The standard InChI is InChI=1S/C25H28N6O5/c1-4-35-19-11-7-17(8-12-19)13-26-29-24-27-22-21(23(33)28-25(34)30(22)3)31(24)14-18(32)15-36-20-9-5-16(2)6-10-20/h5-13,18,32H,4,14-15H2,1-3H3,(H,27,29)(H,28,33,34). The van der Waals surface area contributed by atoms with E-state index in [-0.39, 0.29) is 30.3 Å². The number of aliphatic hydroxyl groups is 1. The zero-order valence-corrected chi connectivity index (χ0v) is 20.3. The Morgan fingerprint density at radius 3 is 2.47 bits per heavy atom. The number of imidazole rings is 1. The fourth-order valence-electron chi connectivity index (χ4n) is 3.57. The highest BCUT2D eigenvalue weighted by molar-refractivity contribution is 5.80. The minimum atomic E-state index is -0.976. The smallest absolute Gasteiger partial charge is 0.329 e. The molecule has 2 aromatic heterocycles. The lowest BCUT2D eigenvalue weighted by atomic mass is 10.2. The molecule has 0 aliphatic carbocycles. The van der Waals surface area contributed by atoms with Crippen LogP contribution in [0.4, 0.5) is 5.95 Å². The SMILES string of the molecule is CCOc1ccc(C=NNc2nc3c(c(=O)[nH]c(=O)n3C)n2CC(O)COc2ccc(C)cc2)cc1. The zero-order chi connectivity index (χ0) is 25.7. The van der Waals surface area contributed by atoms with E-state index < -0.39 is 17.4 Å². The Hall–Kier alpha value is -4.38. The third-order valence-corrected chi connectivity index (χ3v) is 5.43. The number of aromatic amines is 1. The van der Waals surface area contributed by atoms with Crippen molar-refractivity contribution in [1.82, 2.24) is 19.1 Å². The van der Waals surface area contributed by atoms with Gasteiger partial charge >= 0.3 is 5.69 Å². The maximum absolute atomic E-state index is 12.6. The number of fused-ring (bicyclic) bond motifs is 1. The topological polar surface area (TPSA) is 136 Å². The normalized spacial score (nSPS) is 12.2. The molecule has 4 rings (SSSR count). The minimum absolute atomic E-state index is 0.0126. The summed E-state index contributed by atoms with van der Waals surface area (Å²) in [5, 5.41) is 14.9. The van der Waals surface area contributed by atoms with Crippen LogP contribution in [0.3, 0.4) is 0 Å². The van der Waals surface area contributed by atoms with Crippen molar-refractivity contribution < 1.29 is 14.6 Å². The van der Waals surface area contributed by atoms with Gasteiger partial charge in [0.15, 0.2) is 11.2 Å². The number of H-pyrrole nitrogens is 1. The molecule has 0 saturated carbocycles. The molecule has 0 aliphatic heterocycles. The number of anilines is 1. The van der Waals surface area contributed by atoms with Crippen molar-refractivity contribution in [3.05, 3.63) is 80.5 Å². The van der Waals surface area contributed by atoms with Crippen molar-refractivity contribution in [1.29, 1.82) is 0 Å². The first-order chi connectivity index (χ1) is 17.4. The molecule has 11 heteroatoms. The van der Waals surface area contributed by atoms with Gasteiger partial charge in [-0.2, -0.15) is 10.1 Å². The largest absolute Gasteiger partial charge is 0.494 e. The fourth-order valence-corrected chi connectivity index (χ4v) is 3.57. The van der Waals surface area contributed by atoms with Gasteiger partial charge in [-0.1, -0.05) is 17.7 Å². The highest BCUT2D eigenvalue weighted by Gasteiger charge is 2.20. The maximum Gasteiger partial charge on any atom is 0.329 e. The molecule has 36 heavy (non-hydrogen) atoms. The second-order valence-corrected chi connectivity index (χ2v) is 8.19. The van der Waals surface area contributed by atoms with Crippen LogP contribution in [0.15, 0.2) is 63.2 Å². The van der Waals surface area contributed by atoms with Crippen LogP contribution in [0.25, 0.3) is 11.2 Å². The number of hydrazone groups is 1. The first kappa shape index (κ1) is 24.7. The summed E-state index contributed by atoms with van der Waals surface area (Å²) in [6.45, 7) is 4.43. The number of hydrogen-bond donors (Lipinski definition) is 3. The molecule has 0 fully saturated rings. The predicted molar refractivity (Wildman–Crippen MR) is 137 cm³/mol. The summed E-state index contributed by atoms with van der Waals surface area (Å²) in [5.41, 5.74) is 3.81. The van der Waals surface area contributed by atoms with E-state index in [1.807, 2.05) is 62.4 Å². The summed E-state index contributed by atoms with van der Waals surface area (Å²) in [6, 6.07) is 14.8. The molecule has 0 radical (unpaired) electrons. The van der Waals surface area contributed by atoms with Crippen molar-refractivity contribution in [3.8, 4) is 11.5 Å². The Morgan fingerprint density at radius 1 is 1.11 bits per heavy atom. The summed E-state index contributed by atoms with van der Waals surface area (Å²) in [5.74, 6) is 1.56. The van der Waals surface area contributed by atoms with E-state index in [0.717, 1.165) is 16.9 Å². The van der Waals surface area contributed by atoms with Crippen LogP contribution >= 0.6 is 0 Å². The summed E-state index contributed by atoms with van der Waals surface area (Å²) >= 11 is 0. The Morgan fingerprint density at radius 2 is 1.78 bits per heavy atom. The number of aromatic nitrogens is 4. The first-order valence-electron chi connectivity index (χ1n) is 11.4. The molecule has 0 spiro atoms. The van der Waals surface area contributed by atoms with Crippen LogP contribution in [0.5, 0.6) is 11.5 Å². The lowest BCUT2D eigenvalue weighted by molar-refractivity contribution is 0.0938. The van der Waals surface area contributed by atoms with Gasteiger partial charge < -0.3 is 19.1 Å². The van der Waals surface area contributed by atoms with E-state index in [0.29, 0.717) is 12.4 Å². The molecule has 11 nitrogen and oxygen atoms in total. The van der Waals surface area contributed by atoms with Crippen LogP contribution < -0.4 is 26.1 Å². The number of rotatable bonds is 10. The number of ether oxygens (including phenoxy) is 2.